The normalized spacial score (nSPS) is 10.8. The van der Waals surface area contributed by atoms with E-state index in [1.807, 2.05) is 0 Å². The third-order valence-electron chi connectivity index (χ3n) is 2.83. The fraction of sp³-hybridized carbons (Fsp3) is 0.125. The summed E-state index contributed by atoms with van der Waals surface area (Å²) >= 11 is 0. The van der Waals surface area contributed by atoms with Crippen LogP contribution in [0.2, 0.25) is 0 Å². The van der Waals surface area contributed by atoms with Gasteiger partial charge in [0.1, 0.15) is 0 Å². The van der Waals surface area contributed by atoms with E-state index in [0.29, 0.717) is 5.56 Å². The van der Waals surface area contributed by atoms with Gasteiger partial charge in [-0.15, -0.1) is 0 Å². The van der Waals surface area contributed by atoms with Crippen LogP contribution in [0.25, 0.3) is 0 Å². The zero-order valence-electron chi connectivity index (χ0n) is 12.4. The van der Waals surface area contributed by atoms with Gasteiger partial charge in [0.05, 0.1) is 11.8 Å². The Morgan fingerprint density at radius 2 is 1.65 bits per heavy atom. The molecule has 0 aromatic heterocycles. The highest BCUT2D eigenvalue weighted by atomic mass is 32.2. The molecule has 0 saturated heterocycles. The number of ether oxygens (including phenoxy) is 1. The molecule has 0 amide bonds. The van der Waals surface area contributed by atoms with E-state index >= 15 is 0 Å². The Balaban J connectivity index is 2.01. The van der Waals surface area contributed by atoms with Crippen molar-refractivity contribution in [1.82, 2.24) is 0 Å². The Bertz CT molecular complexity index is 815. The third-order valence-corrected chi connectivity index (χ3v) is 3.44. The van der Waals surface area contributed by atoms with Crippen LogP contribution in [-0.4, -0.2) is 33.0 Å². The second-order valence-electron chi connectivity index (χ2n) is 4.82. The first-order valence-corrected chi connectivity index (χ1v) is 8.57. The number of sulfonamides is 1. The first kappa shape index (κ1) is 16.7. The maximum Gasteiger partial charge on any atom is 0.338 e. The molecule has 23 heavy (non-hydrogen) atoms. The number of nitrogens with one attached hydrogen (secondary N) is 1. The summed E-state index contributed by atoms with van der Waals surface area (Å²) in [6.45, 7) is -0.382. The van der Waals surface area contributed by atoms with Crippen LogP contribution in [0.1, 0.15) is 20.7 Å². The number of benzene rings is 2. The molecule has 2 aromatic carbocycles. The highest BCUT2D eigenvalue weighted by Crippen LogP contribution is 2.13. The van der Waals surface area contributed by atoms with Gasteiger partial charge in [0.2, 0.25) is 10.0 Å². The lowest BCUT2D eigenvalue weighted by atomic mass is 10.1. The zero-order chi connectivity index (χ0) is 16.9. The summed E-state index contributed by atoms with van der Waals surface area (Å²) in [6.07, 6.45) is 1.01. The lowest BCUT2D eigenvalue weighted by Crippen LogP contribution is -2.15. The van der Waals surface area contributed by atoms with Gasteiger partial charge in [-0.05, 0) is 18.2 Å². The molecular weight excluding hydrogens is 318 g/mol. The highest BCUT2D eigenvalue weighted by molar-refractivity contribution is 7.92. The monoisotopic (exact) mass is 333 g/mol. The molecule has 0 bridgehead atoms. The molecule has 0 aliphatic heterocycles. The Hall–Kier alpha value is -2.67. The number of carbonyl (C=O) groups excluding carboxylic acids is 2. The number of hydrogen-bond acceptors (Lipinski definition) is 5. The number of anilines is 1. The van der Waals surface area contributed by atoms with Crippen molar-refractivity contribution in [2.24, 2.45) is 0 Å². The van der Waals surface area contributed by atoms with E-state index in [-0.39, 0.29) is 23.6 Å². The van der Waals surface area contributed by atoms with E-state index in [1.165, 1.54) is 24.3 Å². The van der Waals surface area contributed by atoms with Crippen molar-refractivity contribution in [2.45, 2.75) is 0 Å². The number of carbonyl (C=O) groups is 2. The Morgan fingerprint density at radius 3 is 2.30 bits per heavy atom. The van der Waals surface area contributed by atoms with E-state index in [0.717, 1.165) is 6.26 Å². The molecule has 0 aliphatic carbocycles. The van der Waals surface area contributed by atoms with Crippen LogP contribution < -0.4 is 4.72 Å². The summed E-state index contributed by atoms with van der Waals surface area (Å²) < 4.78 is 29.6. The van der Waals surface area contributed by atoms with E-state index in [9.17, 15) is 18.0 Å². The zero-order valence-corrected chi connectivity index (χ0v) is 13.2. The summed E-state index contributed by atoms with van der Waals surface area (Å²) in [6, 6.07) is 14.3. The molecule has 0 spiro atoms. The van der Waals surface area contributed by atoms with Gasteiger partial charge in [0.15, 0.2) is 12.4 Å². The molecule has 120 valence electrons. The third kappa shape index (κ3) is 5.23. The number of Topliss-reactive ketones (excluding diaryl/α,β-unsaturated/α-hetero) is 1. The number of esters is 1. The lowest BCUT2D eigenvalue weighted by Gasteiger charge is -2.07. The highest BCUT2D eigenvalue weighted by Gasteiger charge is 2.12. The molecule has 7 heteroatoms. The number of ketones is 1. The van der Waals surface area contributed by atoms with Crippen LogP contribution in [-0.2, 0) is 14.8 Å². The topological polar surface area (TPSA) is 89.5 Å². The van der Waals surface area contributed by atoms with Crippen molar-refractivity contribution in [3.05, 3.63) is 65.7 Å². The van der Waals surface area contributed by atoms with Crippen molar-refractivity contribution in [3.63, 3.8) is 0 Å². The summed E-state index contributed by atoms with van der Waals surface area (Å²) in [5.41, 5.74) is 0.851. The Labute approximate surface area is 134 Å². The second-order valence-corrected chi connectivity index (χ2v) is 6.57. The fourth-order valence-corrected chi connectivity index (χ4v) is 2.40. The molecule has 2 rings (SSSR count). The predicted molar refractivity (Wildman–Crippen MR) is 86.0 cm³/mol. The Morgan fingerprint density at radius 1 is 1.00 bits per heavy atom. The van der Waals surface area contributed by atoms with Crippen molar-refractivity contribution < 1.29 is 22.7 Å². The van der Waals surface area contributed by atoms with Gasteiger partial charge >= 0.3 is 5.97 Å². The maximum absolute atomic E-state index is 11.9. The second kappa shape index (κ2) is 7.06. The smallest absolute Gasteiger partial charge is 0.338 e. The minimum absolute atomic E-state index is 0.152. The minimum atomic E-state index is -3.44. The van der Waals surface area contributed by atoms with E-state index in [4.69, 9.17) is 4.74 Å². The molecular formula is C16H15NO5S. The summed E-state index contributed by atoms with van der Waals surface area (Å²) in [4.78, 5) is 23.8. The molecule has 1 N–H and O–H groups in total. The van der Waals surface area contributed by atoms with Crippen LogP contribution in [0.15, 0.2) is 54.6 Å². The summed E-state index contributed by atoms with van der Waals surface area (Å²) in [5, 5.41) is 0. The van der Waals surface area contributed by atoms with E-state index in [2.05, 4.69) is 4.72 Å². The fourth-order valence-electron chi connectivity index (χ4n) is 1.85. The molecule has 0 heterocycles. The molecule has 0 saturated carbocycles. The van der Waals surface area contributed by atoms with Crippen LogP contribution in [0, 0.1) is 0 Å². The SMILES string of the molecule is CS(=O)(=O)Nc1cccc(C(=O)OCC(=O)c2ccccc2)c1. The van der Waals surface area contributed by atoms with E-state index in [1.54, 1.807) is 30.3 Å². The molecule has 0 fully saturated rings. The summed E-state index contributed by atoms with van der Waals surface area (Å²) in [7, 11) is -3.44. The maximum atomic E-state index is 11.9. The van der Waals surface area contributed by atoms with Gasteiger partial charge in [-0.25, -0.2) is 13.2 Å². The van der Waals surface area contributed by atoms with Crippen molar-refractivity contribution in [1.29, 1.82) is 0 Å². The standard InChI is InChI=1S/C16H15NO5S/c1-23(20,21)17-14-9-5-8-13(10-14)16(19)22-11-15(18)12-6-3-2-4-7-12/h2-10,17H,11H2,1H3. The molecule has 0 radical (unpaired) electrons. The van der Waals surface area contributed by atoms with Gasteiger partial charge in [-0.3, -0.25) is 9.52 Å². The average Bonchev–Trinajstić information content (AvgIpc) is 2.51. The largest absolute Gasteiger partial charge is 0.454 e. The molecule has 0 unspecified atom stereocenters. The Kier molecular flexibility index (Phi) is 5.13. The predicted octanol–water partition coefficient (Wildman–Crippen LogP) is 2.10. The molecule has 0 aliphatic rings. The molecule has 2 aromatic rings. The number of rotatable bonds is 6. The van der Waals surface area contributed by atoms with Crippen molar-refractivity contribution in [3.8, 4) is 0 Å². The number of hydrogen-bond donors (Lipinski definition) is 1. The molecule has 0 atom stereocenters. The quantitative estimate of drug-likeness (QED) is 0.646. The van der Waals surface area contributed by atoms with Crippen molar-refractivity contribution in [2.75, 3.05) is 17.6 Å². The first-order valence-electron chi connectivity index (χ1n) is 6.68. The van der Waals surface area contributed by atoms with Crippen molar-refractivity contribution >= 4 is 27.5 Å². The average molecular weight is 333 g/mol. The lowest BCUT2D eigenvalue weighted by molar-refractivity contribution is 0.0475. The van der Waals surface area contributed by atoms with Gasteiger partial charge in [-0.1, -0.05) is 36.4 Å². The van der Waals surface area contributed by atoms with Crippen LogP contribution >= 0.6 is 0 Å². The van der Waals surface area contributed by atoms with Crippen LogP contribution in [0.5, 0.6) is 0 Å². The first-order chi connectivity index (χ1) is 10.8. The molecule has 6 nitrogen and oxygen atoms in total. The van der Waals surface area contributed by atoms with Crippen LogP contribution in [0.3, 0.4) is 0 Å². The van der Waals surface area contributed by atoms with Gasteiger partial charge in [0, 0.05) is 11.3 Å². The minimum Gasteiger partial charge on any atom is -0.454 e. The van der Waals surface area contributed by atoms with Gasteiger partial charge in [-0.2, -0.15) is 0 Å². The van der Waals surface area contributed by atoms with Gasteiger partial charge in [0.25, 0.3) is 0 Å². The summed E-state index contributed by atoms with van der Waals surface area (Å²) in [5.74, 6) is -1.02. The van der Waals surface area contributed by atoms with E-state index < -0.39 is 16.0 Å². The van der Waals surface area contributed by atoms with Crippen LogP contribution in [0.4, 0.5) is 5.69 Å². The van der Waals surface area contributed by atoms with Gasteiger partial charge < -0.3 is 4.74 Å².